The first-order valence-electron chi connectivity index (χ1n) is 10.5. The molecule has 4 rings (SSSR count). The Morgan fingerprint density at radius 2 is 1.68 bits per heavy atom. The number of anilines is 1. The van der Waals surface area contributed by atoms with Gasteiger partial charge in [-0.15, -0.1) is 0 Å². The van der Waals surface area contributed by atoms with Crippen LogP contribution in [-0.4, -0.2) is 22.3 Å². The molecule has 174 valence electrons. The van der Waals surface area contributed by atoms with Crippen LogP contribution < -0.4 is 15.6 Å². The van der Waals surface area contributed by atoms with Crippen molar-refractivity contribution in [2.24, 2.45) is 0 Å². The lowest BCUT2D eigenvalue weighted by Crippen LogP contribution is -2.26. The van der Waals surface area contributed by atoms with Gasteiger partial charge in [0, 0.05) is 5.39 Å². The van der Waals surface area contributed by atoms with Gasteiger partial charge in [-0.3, -0.25) is 9.59 Å². The fourth-order valence-electron chi connectivity index (χ4n) is 3.42. The molecule has 0 aliphatic heterocycles. The average molecular weight is 467 g/mol. The number of hydrogen-bond acceptors (Lipinski definition) is 4. The fourth-order valence-corrected chi connectivity index (χ4v) is 3.42. The summed E-state index contributed by atoms with van der Waals surface area (Å²) in [5.74, 6) is -0.676. The van der Waals surface area contributed by atoms with E-state index in [1.807, 2.05) is 6.92 Å². The molecule has 0 atom stereocenters. The first-order valence-corrected chi connectivity index (χ1v) is 10.5. The molecule has 0 unspecified atom stereocenters. The van der Waals surface area contributed by atoms with Crippen molar-refractivity contribution in [1.29, 1.82) is 0 Å². The minimum Gasteiger partial charge on any atom is -0.491 e. The number of ether oxygens (including phenoxy) is 1. The Bertz CT molecular complexity index is 1400. The Balaban J connectivity index is 1.83. The van der Waals surface area contributed by atoms with Crippen LogP contribution in [0.25, 0.3) is 16.5 Å². The van der Waals surface area contributed by atoms with Crippen molar-refractivity contribution in [1.82, 2.24) is 9.78 Å². The lowest BCUT2D eigenvalue weighted by atomic mass is 10.1. The van der Waals surface area contributed by atoms with Crippen LogP contribution in [0.4, 0.5) is 18.9 Å². The van der Waals surface area contributed by atoms with E-state index in [4.69, 9.17) is 4.74 Å². The van der Waals surface area contributed by atoms with E-state index in [1.165, 1.54) is 6.07 Å². The number of para-hydroxylation sites is 1. The molecule has 1 aromatic heterocycles. The molecule has 1 heterocycles. The third-order valence-corrected chi connectivity index (χ3v) is 5.04. The van der Waals surface area contributed by atoms with Crippen LogP contribution >= 0.6 is 0 Å². The van der Waals surface area contributed by atoms with E-state index in [2.05, 4.69) is 10.4 Å². The van der Waals surface area contributed by atoms with Crippen molar-refractivity contribution in [2.45, 2.75) is 19.5 Å². The molecule has 3 aromatic carbocycles. The predicted molar refractivity (Wildman–Crippen MR) is 123 cm³/mol. The quantitative estimate of drug-likeness (QED) is 0.410. The summed E-state index contributed by atoms with van der Waals surface area (Å²) in [7, 11) is 0. The maximum absolute atomic E-state index is 13.3. The summed E-state index contributed by atoms with van der Waals surface area (Å²) in [5.41, 5.74) is -1.17. The van der Waals surface area contributed by atoms with Crippen molar-refractivity contribution in [3.8, 4) is 11.4 Å². The largest absolute Gasteiger partial charge is 0.491 e. The topological polar surface area (TPSA) is 73.2 Å². The zero-order valence-corrected chi connectivity index (χ0v) is 18.1. The van der Waals surface area contributed by atoms with E-state index in [9.17, 15) is 22.8 Å². The summed E-state index contributed by atoms with van der Waals surface area (Å²) >= 11 is 0. The van der Waals surface area contributed by atoms with Crippen molar-refractivity contribution >= 4 is 22.4 Å². The summed E-state index contributed by atoms with van der Waals surface area (Å²) in [6.45, 7) is 2.11. The number of nitrogens with zero attached hydrogens (tertiary/aromatic N) is 2. The Labute approximate surface area is 192 Å². The highest BCUT2D eigenvalue weighted by Crippen LogP contribution is 2.35. The van der Waals surface area contributed by atoms with Crippen LogP contribution in [0.2, 0.25) is 0 Å². The van der Waals surface area contributed by atoms with Gasteiger partial charge in [0.1, 0.15) is 5.75 Å². The summed E-state index contributed by atoms with van der Waals surface area (Å²) in [4.78, 5) is 26.3. The van der Waals surface area contributed by atoms with E-state index in [0.29, 0.717) is 12.1 Å². The second-order valence-corrected chi connectivity index (χ2v) is 7.46. The number of hydrogen-bond donors (Lipinski definition) is 1. The molecular formula is C25H20F3N3O3. The molecule has 34 heavy (non-hydrogen) atoms. The van der Waals surface area contributed by atoms with Gasteiger partial charge in [0.2, 0.25) is 0 Å². The molecule has 0 radical (unpaired) electrons. The number of benzene rings is 3. The van der Waals surface area contributed by atoms with Crippen LogP contribution in [0.5, 0.6) is 5.75 Å². The molecular weight excluding hydrogens is 447 g/mol. The second-order valence-electron chi connectivity index (χ2n) is 7.46. The SMILES string of the molecule is CCCOc1ccc(C(F)(F)F)cc1NC(=O)c1nn(-c2ccccc2)c(=O)c2ccccc12. The van der Waals surface area contributed by atoms with Crippen LogP contribution in [-0.2, 0) is 6.18 Å². The smallest absolute Gasteiger partial charge is 0.416 e. The summed E-state index contributed by atoms with van der Waals surface area (Å²) < 4.78 is 46.5. The molecule has 9 heteroatoms. The molecule has 0 spiro atoms. The Hall–Kier alpha value is -4.14. The molecule has 4 aromatic rings. The van der Waals surface area contributed by atoms with Crippen molar-refractivity contribution in [3.05, 3.63) is 94.4 Å². The highest BCUT2D eigenvalue weighted by molar-refractivity contribution is 6.11. The van der Waals surface area contributed by atoms with Crippen LogP contribution in [0.1, 0.15) is 29.4 Å². The summed E-state index contributed by atoms with van der Waals surface area (Å²) in [6.07, 6.45) is -3.98. The van der Waals surface area contributed by atoms with Gasteiger partial charge in [0.15, 0.2) is 5.69 Å². The minimum atomic E-state index is -4.60. The number of halogens is 3. The zero-order valence-electron chi connectivity index (χ0n) is 18.1. The van der Waals surface area contributed by atoms with Gasteiger partial charge in [-0.05, 0) is 42.8 Å². The van der Waals surface area contributed by atoms with E-state index in [-0.39, 0.29) is 34.5 Å². The van der Waals surface area contributed by atoms with Crippen LogP contribution in [0, 0.1) is 0 Å². The normalized spacial score (nSPS) is 11.4. The van der Waals surface area contributed by atoms with Crippen molar-refractivity contribution in [2.75, 3.05) is 11.9 Å². The minimum absolute atomic E-state index is 0.101. The van der Waals surface area contributed by atoms with Gasteiger partial charge in [-0.25, -0.2) is 0 Å². The van der Waals surface area contributed by atoms with Gasteiger partial charge in [-0.2, -0.15) is 23.0 Å². The third-order valence-electron chi connectivity index (χ3n) is 5.04. The molecule has 6 nitrogen and oxygen atoms in total. The summed E-state index contributed by atoms with van der Waals surface area (Å²) in [5, 5.41) is 7.28. The first-order chi connectivity index (χ1) is 16.3. The van der Waals surface area contributed by atoms with Crippen LogP contribution in [0.15, 0.2) is 77.6 Å². The zero-order chi connectivity index (χ0) is 24.3. The van der Waals surface area contributed by atoms with Crippen molar-refractivity contribution in [3.63, 3.8) is 0 Å². The molecule has 0 saturated carbocycles. The maximum atomic E-state index is 13.3. The van der Waals surface area contributed by atoms with Gasteiger partial charge >= 0.3 is 6.18 Å². The monoisotopic (exact) mass is 467 g/mol. The number of aromatic nitrogens is 2. The fraction of sp³-hybridized carbons (Fsp3) is 0.160. The highest BCUT2D eigenvalue weighted by atomic mass is 19.4. The Kier molecular flexibility index (Phi) is 6.36. The van der Waals surface area contributed by atoms with E-state index >= 15 is 0 Å². The van der Waals surface area contributed by atoms with Gasteiger partial charge in [-0.1, -0.05) is 43.3 Å². The molecule has 1 amide bonds. The number of amides is 1. The van der Waals surface area contributed by atoms with Gasteiger partial charge in [0.25, 0.3) is 11.5 Å². The van der Waals surface area contributed by atoms with E-state index in [0.717, 1.165) is 16.8 Å². The number of alkyl halides is 3. The highest BCUT2D eigenvalue weighted by Gasteiger charge is 2.31. The molecule has 0 aliphatic rings. The van der Waals surface area contributed by atoms with E-state index < -0.39 is 23.2 Å². The molecule has 0 aliphatic carbocycles. The van der Waals surface area contributed by atoms with E-state index in [1.54, 1.807) is 54.6 Å². The molecule has 0 bridgehead atoms. The molecule has 0 fully saturated rings. The van der Waals surface area contributed by atoms with Gasteiger partial charge < -0.3 is 10.1 Å². The predicted octanol–water partition coefficient (Wildman–Crippen LogP) is 5.45. The Morgan fingerprint density at radius 3 is 2.35 bits per heavy atom. The maximum Gasteiger partial charge on any atom is 0.416 e. The number of fused-ring (bicyclic) bond motifs is 1. The Morgan fingerprint density at radius 1 is 1.00 bits per heavy atom. The van der Waals surface area contributed by atoms with Crippen LogP contribution in [0.3, 0.4) is 0 Å². The first kappa shape index (κ1) is 23.0. The van der Waals surface area contributed by atoms with Crippen molar-refractivity contribution < 1.29 is 22.7 Å². The number of nitrogens with one attached hydrogen (secondary N) is 1. The lowest BCUT2D eigenvalue weighted by molar-refractivity contribution is -0.137. The lowest BCUT2D eigenvalue weighted by Gasteiger charge is -2.16. The standard InChI is InChI=1S/C25H20F3N3O3/c1-2-14-34-21-13-12-16(25(26,27)28)15-20(21)29-23(32)22-18-10-6-7-11-19(18)24(33)31(30-22)17-8-4-3-5-9-17/h3-13,15H,2,14H2,1H3,(H,29,32). The average Bonchev–Trinajstić information content (AvgIpc) is 2.83. The van der Waals surface area contributed by atoms with Gasteiger partial charge in [0.05, 0.1) is 28.9 Å². The number of rotatable bonds is 6. The second kappa shape index (κ2) is 9.38. The molecule has 1 N–H and O–H groups in total. The number of carbonyl (C=O) groups is 1. The third kappa shape index (κ3) is 4.63. The number of carbonyl (C=O) groups excluding carboxylic acids is 1. The molecule has 0 saturated heterocycles. The summed E-state index contributed by atoms with van der Waals surface area (Å²) in [6, 6.07) is 17.8.